The summed E-state index contributed by atoms with van der Waals surface area (Å²) in [5, 5.41) is 0.626. The van der Waals surface area contributed by atoms with Crippen molar-refractivity contribution in [2.75, 3.05) is 13.2 Å². The molecule has 4 rings (SSSR count). The minimum Gasteiger partial charge on any atom is -0.375 e. The van der Waals surface area contributed by atoms with E-state index >= 15 is 0 Å². The fourth-order valence-corrected chi connectivity index (χ4v) is 3.43. The van der Waals surface area contributed by atoms with Crippen LogP contribution in [0.1, 0.15) is 24.4 Å². The fourth-order valence-electron chi connectivity index (χ4n) is 3.43. The molecule has 5 heteroatoms. The number of para-hydroxylation sites is 1. The molecule has 0 saturated carbocycles. The second-order valence-corrected chi connectivity index (χ2v) is 6.53. The second-order valence-electron chi connectivity index (χ2n) is 6.53. The second kappa shape index (κ2) is 6.78. The van der Waals surface area contributed by atoms with Gasteiger partial charge in [-0.25, -0.2) is 4.98 Å². The van der Waals surface area contributed by atoms with Crippen molar-refractivity contribution in [3.8, 4) is 0 Å². The summed E-state index contributed by atoms with van der Waals surface area (Å²) in [5.74, 6) is 0.693. The molecule has 1 N–H and O–H groups in total. The Balaban J connectivity index is 1.66. The summed E-state index contributed by atoms with van der Waals surface area (Å²) in [6, 6.07) is 17.9. The summed E-state index contributed by atoms with van der Waals surface area (Å²) < 4.78 is 5.87. The van der Waals surface area contributed by atoms with Gasteiger partial charge in [0, 0.05) is 6.54 Å². The van der Waals surface area contributed by atoms with E-state index in [-0.39, 0.29) is 17.7 Å². The van der Waals surface area contributed by atoms with Crippen molar-refractivity contribution in [1.82, 2.24) is 14.9 Å². The maximum absolute atomic E-state index is 12.3. The molecule has 1 aliphatic rings. The highest BCUT2D eigenvalue weighted by Crippen LogP contribution is 2.27. The Labute approximate surface area is 146 Å². The van der Waals surface area contributed by atoms with Crippen LogP contribution in [0.5, 0.6) is 0 Å². The molecule has 0 unspecified atom stereocenters. The standard InChI is InChI=1S/C20H21N3O2/c1-14-11-23(18(13-25-14)15-7-3-2-4-8-15)12-19-21-17-10-6-5-9-16(17)20(24)22-19/h2-10,14,18H,11-13H2,1H3,(H,21,22,24)/t14-,18+/m1/s1. The lowest BCUT2D eigenvalue weighted by Crippen LogP contribution is -2.43. The van der Waals surface area contributed by atoms with Crippen LogP contribution in [0.3, 0.4) is 0 Å². The number of ether oxygens (including phenoxy) is 1. The first-order valence-corrected chi connectivity index (χ1v) is 8.59. The van der Waals surface area contributed by atoms with Crippen molar-refractivity contribution >= 4 is 10.9 Å². The average molecular weight is 335 g/mol. The van der Waals surface area contributed by atoms with Gasteiger partial charge in [0.25, 0.3) is 5.56 Å². The number of nitrogens with one attached hydrogen (secondary N) is 1. The first kappa shape index (κ1) is 16.0. The summed E-state index contributed by atoms with van der Waals surface area (Å²) in [7, 11) is 0. The number of H-pyrrole nitrogens is 1. The van der Waals surface area contributed by atoms with Gasteiger partial charge in [-0.15, -0.1) is 0 Å². The molecular formula is C20H21N3O2. The Kier molecular flexibility index (Phi) is 4.34. The number of benzene rings is 2. The fraction of sp³-hybridized carbons (Fsp3) is 0.300. The van der Waals surface area contributed by atoms with Gasteiger partial charge in [0.15, 0.2) is 0 Å². The molecule has 2 heterocycles. The highest BCUT2D eigenvalue weighted by atomic mass is 16.5. The molecule has 1 aromatic heterocycles. The van der Waals surface area contributed by atoms with E-state index in [1.165, 1.54) is 5.56 Å². The Morgan fingerprint density at radius 2 is 1.92 bits per heavy atom. The van der Waals surface area contributed by atoms with Gasteiger partial charge in [-0.3, -0.25) is 9.69 Å². The zero-order valence-electron chi connectivity index (χ0n) is 14.2. The van der Waals surface area contributed by atoms with Gasteiger partial charge in [-0.05, 0) is 24.6 Å². The molecule has 2 aromatic carbocycles. The van der Waals surface area contributed by atoms with Crippen LogP contribution < -0.4 is 5.56 Å². The number of nitrogens with zero attached hydrogens (tertiary/aromatic N) is 2. The number of morpholine rings is 1. The van der Waals surface area contributed by atoms with Crippen molar-refractivity contribution in [1.29, 1.82) is 0 Å². The molecule has 128 valence electrons. The van der Waals surface area contributed by atoms with Crippen LogP contribution in [0.4, 0.5) is 0 Å². The number of fused-ring (bicyclic) bond motifs is 1. The van der Waals surface area contributed by atoms with E-state index in [9.17, 15) is 4.79 Å². The van der Waals surface area contributed by atoms with Gasteiger partial charge in [-0.1, -0.05) is 42.5 Å². The number of rotatable bonds is 3. The predicted molar refractivity (Wildman–Crippen MR) is 97.4 cm³/mol. The maximum Gasteiger partial charge on any atom is 0.258 e. The molecule has 5 nitrogen and oxygen atoms in total. The first-order valence-electron chi connectivity index (χ1n) is 8.59. The van der Waals surface area contributed by atoms with Crippen LogP contribution in [0.2, 0.25) is 0 Å². The third kappa shape index (κ3) is 3.34. The summed E-state index contributed by atoms with van der Waals surface area (Å²) in [5.41, 5.74) is 1.87. The van der Waals surface area contributed by atoms with E-state index in [1.807, 2.05) is 36.4 Å². The Morgan fingerprint density at radius 1 is 1.16 bits per heavy atom. The van der Waals surface area contributed by atoms with E-state index < -0.39 is 0 Å². The molecule has 0 aliphatic carbocycles. The van der Waals surface area contributed by atoms with Crippen molar-refractivity contribution < 1.29 is 4.74 Å². The molecular weight excluding hydrogens is 314 g/mol. The molecule has 2 atom stereocenters. The predicted octanol–water partition coefficient (Wildman–Crippen LogP) is 2.89. The van der Waals surface area contributed by atoms with Gasteiger partial charge in [0.1, 0.15) is 5.82 Å². The van der Waals surface area contributed by atoms with Crippen LogP contribution >= 0.6 is 0 Å². The lowest BCUT2D eigenvalue weighted by molar-refractivity contribution is -0.0606. The molecule has 0 spiro atoms. The van der Waals surface area contributed by atoms with Gasteiger partial charge in [0.05, 0.1) is 36.2 Å². The molecule has 1 fully saturated rings. The normalized spacial score (nSPS) is 21.5. The Morgan fingerprint density at radius 3 is 2.76 bits per heavy atom. The quantitative estimate of drug-likeness (QED) is 0.799. The maximum atomic E-state index is 12.3. The van der Waals surface area contributed by atoms with Crippen molar-refractivity contribution in [2.24, 2.45) is 0 Å². The van der Waals surface area contributed by atoms with Crippen molar-refractivity contribution in [3.63, 3.8) is 0 Å². The lowest BCUT2D eigenvalue weighted by atomic mass is 10.0. The summed E-state index contributed by atoms with van der Waals surface area (Å²) in [4.78, 5) is 22.2. The minimum atomic E-state index is -0.0850. The van der Waals surface area contributed by atoms with E-state index in [1.54, 1.807) is 6.07 Å². The monoisotopic (exact) mass is 335 g/mol. The van der Waals surface area contributed by atoms with Crippen molar-refractivity contribution in [3.05, 3.63) is 76.3 Å². The summed E-state index contributed by atoms with van der Waals surface area (Å²) in [6.45, 7) is 4.11. The van der Waals surface area contributed by atoms with Gasteiger partial charge in [0.2, 0.25) is 0 Å². The minimum absolute atomic E-state index is 0.0850. The summed E-state index contributed by atoms with van der Waals surface area (Å²) >= 11 is 0. The van der Waals surface area contributed by atoms with Gasteiger partial charge in [-0.2, -0.15) is 0 Å². The van der Waals surface area contributed by atoms with E-state index in [0.717, 1.165) is 12.1 Å². The van der Waals surface area contributed by atoms with Gasteiger partial charge < -0.3 is 9.72 Å². The molecule has 1 saturated heterocycles. The zero-order valence-corrected chi connectivity index (χ0v) is 14.2. The van der Waals surface area contributed by atoms with Crippen LogP contribution in [-0.2, 0) is 11.3 Å². The van der Waals surface area contributed by atoms with Crippen LogP contribution in [0, 0.1) is 0 Å². The largest absolute Gasteiger partial charge is 0.375 e. The SMILES string of the molecule is C[C@@H]1CN(Cc2nc3ccccc3c(=O)[nH]2)[C@H](c2ccccc2)CO1. The molecule has 1 aliphatic heterocycles. The summed E-state index contributed by atoms with van der Waals surface area (Å²) in [6.07, 6.45) is 0.159. The average Bonchev–Trinajstić information content (AvgIpc) is 2.63. The highest BCUT2D eigenvalue weighted by molar-refractivity contribution is 5.77. The van der Waals surface area contributed by atoms with Gasteiger partial charge >= 0.3 is 0 Å². The zero-order chi connectivity index (χ0) is 17.2. The molecule has 0 bridgehead atoms. The van der Waals surface area contributed by atoms with Crippen molar-refractivity contribution in [2.45, 2.75) is 25.6 Å². The lowest BCUT2D eigenvalue weighted by Gasteiger charge is -2.38. The third-order valence-corrected chi connectivity index (χ3v) is 4.67. The molecule has 25 heavy (non-hydrogen) atoms. The van der Waals surface area contributed by atoms with E-state index in [2.05, 4.69) is 33.9 Å². The highest BCUT2D eigenvalue weighted by Gasteiger charge is 2.28. The van der Waals surface area contributed by atoms with E-state index in [4.69, 9.17) is 4.74 Å². The van der Waals surface area contributed by atoms with Crippen LogP contribution in [-0.4, -0.2) is 34.1 Å². The number of hydrogen-bond acceptors (Lipinski definition) is 4. The number of hydrogen-bond donors (Lipinski definition) is 1. The Hall–Kier alpha value is -2.50. The topological polar surface area (TPSA) is 58.2 Å². The molecule has 3 aromatic rings. The van der Waals surface area contributed by atoms with E-state index in [0.29, 0.717) is 24.4 Å². The number of aromatic amines is 1. The smallest absolute Gasteiger partial charge is 0.258 e. The third-order valence-electron chi connectivity index (χ3n) is 4.67. The molecule has 0 amide bonds. The Bertz CT molecular complexity index is 923. The molecule has 0 radical (unpaired) electrons. The van der Waals surface area contributed by atoms with Crippen LogP contribution in [0.15, 0.2) is 59.4 Å². The number of aromatic nitrogens is 2. The first-order chi connectivity index (χ1) is 12.2. The van der Waals surface area contributed by atoms with Crippen LogP contribution in [0.25, 0.3) is 10.9 Å².